The fourth-order valence-corrected chi connectivity index (χ4v) is 2.61. The summed E-state index contributed by atoms with van der Waals surface area (Å²) in [7, 11) is 2.68. The monoisotopic (exact) mass is 419 g/mol. The zero-order valence-electron chi connectivity index (χ0n) is 16.6. The van der Waals surface area contributed by atoms with Gasteiger partial charge in [0.2, 0.25) is 5.95 Å². The molecule has 0 spiro atoms. The first-order valence-corrected chi connectivity index (χ1v) is 8.88. The van der Waals surface area contributed by atoms with Gasteiger partial charge in [0.15, 0.2) is 0 Å². The Morgan fingerprint density at radius 1 is 1.23 bits per heavy atom. The van der Waals surface area contributed by atoms with Crippen molar-refractivity contribution in [2.24, 2.45) is 5.10 Å². The average molecular weight is 419 g/mol. The van der Waals surface area contributed by atoms with E-state index in [1.165, 1.54) is 32.6 Å². The van der Waals surface area contributed by atoms with Gasteiger partial charge in [0, 0.05) is 11.1 Å². The molecule has 10 heteroatoms. The standard InChI is InChI=1S/C21H17N5O5/c1-29-17-9-8-15(31-21(28)30-2)10-14(17)12-23-26-20-24-18(13-6-4-3-5-7-13)16(11-22)19(27)25-20/h3-10,12H,1-2H3,(H2,24,25,26,27). The van der Waals surface area contributed by atoms with E-state index >= 15 is 0 Å². The lowest BCUT2D eigenvalue weighted by atomic mass is 10.1. The summed E-state index contributed by atoms with van der Waals surface area (Å²) in [6, 6.07) is 15.4. The molecular weight excluding hydrogens is 402 g/mol. The predicted octanol–water partition coefficient (Wildman–Crippen LogP) is 2.91. The van der Waals surface area contributed by atoms with Crippen LogP contribution in [0.5, 0.6) is 11.5 Å². The van der Waals surface area contributed by atoms with Crippen molar-refractivity contribution in [1.29, 1.82) is 5.26 Å². The predicted molar refractivity (Wildman–Crippen MR) is 112 cm³/mol. The highest BCUT2D eigenvalue weighted by molar-refractivity contribution is 5.85. The van der Waals surface area contributed by atoms with E-state index in [9.17, 15) is 14.9 Å². The number of methoxy groups -OCH3 is 2. The van der Waals surface area contributed by atoms with E-state index in [1.54, 1.807) is 30.3 Å². The fraction of sp³-hybridized carbons (Fsp3) is 0.0952. The lowest BCUT2D eigenvalue weighted by molar-refractivity contribution is 0.121. The van der Waals surface area contributed by atoms with Gasteiger partial charge in [-0.05, 0) is 18.2 Å². The van der Waals surface area contributed by atoms with E-state index < -0.39 is 11.7 Å². The van der Waals surface area contributed by atoms with E-state index in [-0.39, 0.29) is 23.0 Å². The Bertz CT molecular complexity index is 1220. The SMILES string of the molecule is COC(=O)Oc1ccc(OC)c(C=NNc2nc(-c3ccccc3)c(C#N)c(=O)[nH]2)c1. The van der Waals surface area contributed by atoms with Gasteiger partial charge in [0.1, 0.15) is 23.1 Å². The molecule has 0 aliphatic heterocycles. The number of nitriles is 1. The molecule has 2 aromatic carbocycles. The smallest absolute Gasteiger partial charge is 0.496 e. The van der Waals surface area contributed by atoms with Gasteiger partial charge in [0.25, 0.3) is 5.56 Å². The van der Waals surface area contributed by atoms with Crippen LogP contribution < -0.4 is 20.5 Å². The molecule has 0 amide bonds. The zero-order chi connectivity index (χ0) is 22.2. The molecule has 31 heavy (non-hydrogen) atoms. The molecule has 0 fully saturated rings. The number of aromatic nitrogens is 2. The molecule has 0 aliphatic carbocycles. The molecule has 0 radical (unpaired) electrons. The Hall–Kier alpha value is -4.65. The van der Waals surface area contributed by atoms with Crippen LogP contribution in [-0.4, -0.2) is 36.6 Å². The molecule has 2 N–H and O–H groups in total. The second kappa shape index (κ2) is 9.71. The normalized spacial score (nSPS) is 10.4. The van der Waals surface area contributed by atoms with E-state index in [2.05, 4.69) is 25.2 Å². The van der Waals surface area contributed by atoms with Gasteiger partial charge in [-0.3, -0.25) is 9.78 Å². The van der Waals surface area contributed by atoms with Crippen molar-refractivity contribution in [1.82, 2.24) is 9.97 Å². The second-order valence-electron chi connectivity index (χ2n) is 5.95. The summed E-state index contributed by atoms with van der Waals surface area (Å²) in [4.78, 5) is 30.3. The number of aromatic amines is 1. The number of hydrogen-bond acceptors (Lipinski definition) is 9. The highest BCUT2D eigenvalue weighted by atomic mass is 16.7. The second-order valence-corrected chi connectivity index (χ2v) is 5.95. The van der Waals surface area contributed by atoms with Crippen LogP contribution in [0.3, 0.4) is 0 Å². The van der Waals surface area contributed by atoms with Crippen molar-refractivity contribution in [2.75, 3.05) is 19.6 Å². The number of benzene rings is 2. The molecule has 1 aromatic heterocycles. The summed E-state index contributed by atoms with van der Waals surface area (Å²) in [6.07, 6.45) is 0.530. The summed E-state index contributed by atoms with van der Waals surface area (Å²) >= 11 is 0. The van der Waals surface area contributed by atoms with Gasteiger partial charge in [-0.25, -0.2) is 15.2 Å². The van der Waals surface area contributed by atoms with E-state index in [0.717, 1.165) is 0 Å². The molecule has 1 heterocycles. The van der Waals surface area contributed by atoms with Crippen LogP contribution >= 0.6 is 0 Å². The quantitative estimate of drug-likeness (QED) is 0.269. The third-order valence-corrected chi connectivity index (χ3v) is 4.02. The Labute approximate surface area is 176 Å². The van der Waals surface area contributed by atoms with Gasteiger partial charge in [-0.2, -0.15) is 10.4 Å². The fourth-order valence-electron chi connectivity index (χ4n) is 2.61. The number of ether oxygens (including phenoxy) is 3. The third-order valence-electron chi connectivity index (χ3n) is 4.02. The first-order valence-electron chi connectivity index (χ1n) is 8.88. The molecule has 0 saturated carbocycles. The van der Waals surface area contributed by atoms with E-state index in [0.29, 0.717) is 16.9 Å². The number of nitrogens with zero attached hydrogens (tertiary/aromatic N) is 3. The first-order chi connectivity index (χ1) is 15.0. The number of nitrogens with one attached hydrogen (secondary N) is 2. The topological polar surface area (TPSA) is 139 Å². The molecule has 0 atom stereocenters. The van der Waals surface area contributed by atoms with Crippen LogP contribution in [0.1, 0.15) is 11.1 Å². The van der Waals surface area contributed by atoms with Gasteiger partial charge >= 0.3 is 6.16 Å². The van der Waals surface area contributed by atoms with Crippen LogP contribution in [0.4, 0.5) is 10.7 Å². The van der Waals surface area contributed by atoms with Crippen molar-refractivity contribution in [3.8, 4) is 28.8 Å². The Morgan fingerprint density at radius 2 is 2.00 bits per heavy atom. The van der Waals surface area contributed by atoms with Crippen LogP contribution in [0, 0.1) is 11.3 Å². The van der Waals surface area contributed by atoms with Crippen LogP contribution in [0.25, 0.3) is 11.3 Å². The maximum absolute atomic E-state index is 12.3. The summed E-state index contributed by atoms with van der Waals surface area (Å²) in [5.74, 6) is 0.736. The maximum atomic E-state index is 12.3. The minimum atomic E-state index is -0.862. The highest BCUT2D eigenvalue weighted by Crippen LogP contribution is 2.23. The molecule has 0 unspecified atom stereocenters. The molecule has 0 bridgehead atoms. The minimum absolute atomic E-state index is 0.0417. The van der Waals surface area contributed by atoms with Crippen LogP contribution in [0.15, 0.2) is 58.4 Å². The van der Waals surface area contributed by atoms with E-state index in [4.69, 9.17) is 9.47 Å². The number of hydrogen-bond donors (Lipinski definition) is 2. The van der Waals surface area contributed by atoms with Crippen molar-refractivity contribution in [3.05, 3.63) is 70.0 Å². The van der Waals surface area contributed by atoms with Crippen molar-refractivity contribution >= 4 is 18.3 Å². The first kappa shape index (κ1) is 21.1. The van der Waals surface area contributed by atoms with Gasteiger partial charge in [-0.15, -0.1) is 0 Å². The molecule has 10 nitrogen and oxygen atoms in total. The Balaban J connectivity index is 1.88. The number of H-pyrrole nitrogens is 1. The van der Waals surface area contributed by atoms with Crippen molar-refractivity contribution < 1.29 is 19.0 Å². The number of carbonyl (C=O) groups is 1. The van der Waals surface area contributed by atoms with Crippen molar-refractivity contribution in [2.45, 2.75) is 0 Å². The Morgan fingerprint density at radius 3 is 2.68 bits per heavy atom. The van der Waals surface area contributed by atoms with Crippen molar-refractivity contribution in [3.63, 3.8) is 0 Å². The van der Waals surface area contributed by atoms with E-state index in [1.807, 2.05) is 12.1 Å². The molecule has 3 rings (SSSR count). The number of rotatable bonds is 6. The van der Waals surface area contributed by atoms with Gasteiger partial charge < -0.3 is 14.2 Å². The summed E-state index contributed by atoms with van der Waals surface area (Å²) in [5, 5.41) is 13.4. The molecule has 0 aliphatic rings. The average Bonchev–Trinajstić information content (AvgIpc) is 2.79. The van der Waals surface area contributed by atoms with Gasteiger partial charge in [-0.1, -0.05) is 30.3 Å². The Kier molecular flexibility index (Phi) is 6.60. The minimum Gasteiger partial charge on any atom is -0.496 e. The maximum Gasteiger partial charge on any atom is 0.513 e. The number of hydrazone groups is 1. The molecule has 3 aromatic rings. The molecule has 0 saturated heterocycles. The van der Waals surface area contributed by atoms with Gasteiger partial charge in [0.05, 0.1) is 26.1 Å². The number of anilines is 1. The summed E-state index contributed by atoms with van der Waals surface area (Å²) in [5.41, 5.74) is 3.26. The summed E-state index contributed by atoms with van der Waals surface area (Å²) in [6.45, 7) is 0. The lowest BCUT2D eigenvalue weighted by Gasteiger charge is -2.08. The summed E-state index contributed by atoms with van der Waals surface area (Å²) < 4.78 is 14.7. The molecular formula is C21H17N5O5. The van der Waals surface area contributed by atoms with Crippen LogP contribution in [0.2, 0.25) is 0 Å². The zero-order valence-corrected chi connectivity index (χ0v) is 16.6. The highest BCUT2D eigenvalue weighted by Gasteiger charge is 2.13. The van der Waals surface area contributed by atoms with Crippen LogP contribution in [-0.2, 0) is 4.74 Å². The molecule has 156 valence electrons. The third kappa shape index (κ3) is 5.04. The largest absolute Gasteiger partial charge is 0.513 e. The number of carbonyl (C=O) groups excluding carboxylic acids is 1. The lowest BCUT2D eigenvalue weighted by Crippen LogP contribution is -2.16.